The molecule has 0 radical (unpaired) electrons. The summed E-state index contributed by atoms with van der Waals surface area (Å²) >= 11 is 0. The van der Waals surface area contributed by atoms with Crippen LogP contribution in [-0.4, -0.2) is 38.1 Å². The highest BCUT2D eigenvalue weighted by atomic mass is 28.4. The van der Waals surface area contributed by atoms with E-state index >= 15 is 0 Å². The molecule has 0 aromatic heterocycles. The molecule has 0 spiro atoms. The Morgan fingerprint density at radius 3 is 2.15 bits per heavy atom. The van der Waals surface area contributed by atoms with Crippen molar-refractivity contribution < 1.29 is 14.0 Å². The Balaban J connectivity index is 2.79. The van der Waals surface area contributed by atoms with E-state index in [9.17, 15) is 9.59 Å². The molecule has 3 amide bonds. The highest BCUT2D eigenvalue weighted by Crippen LogP contribution is 2.10. The van der Waals surface area contributed by atoms with Gasteiger partial charge in [0.2, 0.25) is 8.32 Å². The Kier molecular flexibility index (Phi) is 2.25. The highest BCUT2D eigenvalue weighted by molar-refractivity contribution is 6.73. The van der Waals surface area contributed by atoms with Crippen LogP contribution in [0.3, 0.4) is 0 Å². The van der Waals surface area contributed by atoms with Gasteiger partial charge in [-0.25, -0.2) is 4.79 Å². The van der Waals surface area contributed by atoms with Crippen LogP contribution < -0.4 is 0 Å². The van der Waals surface area contributed by atoms with E-state index in [4.69, 9.17) is 4.43 Å². The average molecular weight is 200 g/mol. The van der Waals surface area contributed by atoms with Crippen LogP contribution in [0.2, 0.25) is 19.6 Å². The number of rotatable bonds is 1. The second-order valence-corrected chi connectivity index (χ2v) is 8.21. The first-order valence-electron chi connectivity index (χ1n) is 3.91. The lowest BCUT2D eigenvalue weighted by atomic mass is 10.6. The largest absolute Gasteiger partial charge is 0.528 e. The molecule has 0 unspecified atom stereocenters. The molecule has 1 rings (SSSR count). The van der Waals surface area contributed by atoms with Gasteiger partial charge in [0.15, 0.2) is 0 Å². The summed E-state index contributed by atoms with van der Waals surface area (Å²) in [6.45, 7) is 5.77. The van der Waals surface area contributed by atoms with Crippen molar-refractivity contribution in [1.82, 2.24) is 4.90 Å². The van der Waals surface area contributed by atoms with E-state index in [1.807, 2.05) is 19.6 Å². The van der Waals surface area contributed by atoms with Crippen molar-refractivity contribution in [3.8, 4) is 0 Å². The van der Waals surface area contributed by atoms with Crippen LogP contribution >= 0.6 is 0 Å². The van der Waals surface area contributed by atoms with Crippen molar-refractivity contribution in [2.24, 2.45) is 4.99 Å². The summed E-state index contributed by atoms with van der Waals surface area (Å²) in [6, 6.07) is -0.557. The number of carbonyl (C=O) groups excluding carboxylic acids is 2. The zero-order valence-electron chi connectivity index (χ0n) is 8.12. The molecule has 13 heavy (non-hydrogen) atoms. The molecule has 0 bridgehead atoms. The minimum Gasteiger partial charge on any atom is -0.528 e. The molecule has 0 N–H and O–H groups in total. The van der Waals surface area contributed by atoms with E-state index in [0.29, 0.717) is 0 Å². The molecule has 6 heteroatoms. The van der Waals surface area contributed by atoms with Crippen molar-refractivity contribution in [3.63, 3.8) is 0 Å². The Hall–Kier alpha value is -1.17. The van der Waals surface area contributed by atoms with Crippen molar-refractivity contribution >= 4 is 26.2 Å². The zero-order valence-corrected chi connectivity index (χ0v) is 9.12. The second kappa shape index (κ2) is 2.95. The summed E-state index contributed by atoms with van der Waals surface area (Å²) < 4.78 is 5.33. The first kappa shape index (κ1) is 9.91. The lowest BCUT2D eigenvalue weighted by molar-refractivity contribution is -0.120. The fourth-order valence-electron chi connectivity index (χ4n) is 0.797. The minimum absolute atomic E-state index is 0.0633. The van der Waals surface area contributed by atoms with Gasteiger partial charge in [0.25, 0.3) is 5.90 Å². The maximum Gasteiger partial charge on any atom is 0.353 e. The summed E-state index contributed by atoms with van der Waals surface area (Å²) in [5.74, 6) is -0.515. The third-order valence-electron chi connectivity index (χ3n) is 1.37. The number of likely N-dealkylation sites (N-methyl/N-ethyl adjacent to an activating group) is 1. The van der Waals surface area contributed by atoms with Crippen molar-refractivity contribution in [2.75, 3.05) is 7.05 Å². The highest BCUT2D eigenvalue weighted by Gasteiger charge is 2.34. The number of hydrogen-bond donors (Lipinski definition) is 0. The Bertz CT molecular complexity index is 293. The van der Waals surface area contributed by atoms with E-state index < -0.39 is 20.3 Å². The predicted molar refractivity (Wildman–Crippen MR) is 50.0 cm³/mol. The van der Waals surface area contributed by atoms with Crippen LogP contribution in [0.15, 0.2) is 4.99 Å². The number of carbonyl (C=O) groups is 2. The number of hydrogen-bond acceptors (Lipinski definition) is 3. The number of aliphatic imine (C=N–C) groups is 1. The smallest absolute Gasteiger partial charge is 0.353 e. The number of nitrogens with zero attached hydrogens (tertiary/aromatic N) is 2. The Labute approximate surface area is 77.5 Å². The monoisotopic (exact) mass is 200 g/mol. The van der Waals surface area contributed by atoms with Gasteiger partial charge in [-0.05, 0) is 19.6 Å². The summed E-state index contributed by atoms with van der Waals surface area (Å²) in [5.41, 5.74) is 0. The Morgan fingerprint density at radius 2 is 1.85 bits per heavy atom. The van der Waals surface area contributed by atoms with Gasteiger partial charge in [-0.3, -0.25) is 9.69 Å². The molecule has 0 aliphatic carbocycles. The molecule has 72 valence electrons. The lowest BCUT2D eigenvalue weighted by Gasteiger charge is -2.17. The summed E-state index contributed by atoms with van der Waals surface area (Å²) in [7, 11) is -0.470. The standard InChI is InChI=1S/C7H12N2O3Si/c1-9-6(10)5(8-7(9)11)12-13(2,3)4/h1-4H3. The molecule has 0 saturated carbocycles. The van der Waals surface area contributed by atoms with Gasteiger partial charge in [-0.2, -0.15) is 4.99 Å². The fraction of sp³-hybridized carbons (Fsp3) is 0.571. The summed E-state index contributed by atoms with van der Waals surface area (Å²) in [6.07, 6.45) is 0. The van der Waals surface area contributed by atoms with Crippen molar-refractivity contribution in [3.05, 3.63) is 0 Å². The first-order chi connectivity index (χ1) is 5.81. The third kappa shape index (κ3) is 2.15. The maximum absolute atomic E-state index is 11.3. The van der Waals surface area contributed by atoms with Gasteiger partial charge in [0.1, 0.15) is 0 Å². The van der Waals surface area contributed by atoms with E-state index in [2.05, 4.69) is 4.99 Å². The Morgan fingerprint density at radius 1 is 1.31 bits per heavy atom. The van der Waals surface area contributed by atoms with Crippen LogP contribution in [0.25, 0.3) is 0 Å². The quantitative estimate of drug-likeness (QED) is 0.589. The van der Waals surface area contributed by atoms with Crippen LogP contribution in [0, 0.1) is 0 Å². The molecule has 0 atom stereocenters. The van der Waals surface area contributed by atoms with Crippen LogP contribution in [-0.2, 0) is 9.22 Å². The lowest BCUT2D eigenvalue weighted by Crippen LogP contribution is -2.36. The van der Waals surface area contributed by atoms with Crippen LogP contribution in [0.1, 0.15) is 0 Å². The number of urea groups is 1. The van der Waals surface area contributed by atoms with Crippen molar-refractivity contribution in [1.29, 1.82) is 0 Å². The molecule has 0 aromatic rings. The topological polar surface area (TPSA) is 59.0 Å². The van der Waals surface area contributed by atoms with Gasteiger partial charge >= 0.3 is 11.9 Å². The van der Waals surface area contributed by atoms with Gasteiger partial charge < -0.3 is 4.43 Å². The van der Waals surface area contributed by atoms with Crippen LogP contribution in [0.5, 0.6) is 0 Å². The van der Waals surface area contributed by atoms with E-state index in [0.717, 1.165) is 4.90 Å². The second-order valence-electron chi connectivity index (χ2n) is 3.78. The number of imide groups is 1. The zero-order chi connectivity index (χ0) is 10.2. The average Bonchev–Trinajstić information content (AvgIpc) is 2.15. The van der Waals surface area contributed by atoms with E-state index in [1.165, 1.54) is 7.05 Å². The summed E-state index contributed by atoms with van der Waals surface area (Å²) in [5, 5.41) is 0. The first-order valence-corrected chi connectivity index (χ1v) is 7.32. The number of amides is 3. The molecule has 0 saturated heterocycles. The van der Waals surface area contributed by atoms with E-state index in [-0.39, 0.29) is 5.90 Å². The van der Waals surface area contributed by atoms with Gasteiger partial charge in [0.05, 0.1) is 0 Å². The maximum atomic E-state index is 11.3. The molecule has 1 heterocycles. The fourth-order valence-corrected chi connectivity index (χ4v) is 1.51. The normalized spacial score (nSPS) is 17.8. The van der Waals surface area contributed by atoms with Gasteiger partial charge in [0, 0.05) is 7.05 Å². The molecular weight excluding hydrogens is 188 g/mol. The molecule has 1 aliphatic heterocycles. The SMILES string of the molecule is CN1C(=O)N=C(O[Si](C)(C)C)C1=O. The summed E-state index contributed by atoms with van der Waals surface area (Å²) in [4.78, 5) is 26.6. The molecule has 0 fully saturated rings. The van der Waals surface area contributed by atoms with Crippen molar-refractivity contribution in [2.45, 2.75) is 19.6 Å². The van der Waals surface area contributed by atoms with E-state index in [1.54, 1.807) is 0 Å². The molecular formula is C7H12N2O3Si. The predicted octanol–water partition coefficient (Wildman–Crippen LogP) is 0.828. The van der Waals surface area contributed by atoms with Gasteiger partial charge in [-0.1, -0.05) is 0 Å². The minimum atomic E-state index is -1.85. The molecule has 5 nitrogen and oxygen atoms in total. The van der Waals surface area contributed by atoms with Gasteiger partial charge in [-0.15, -0.1) is 0 Å². The van der Waals surface area contributed by atoms with Crippen LogP contribution in [0.4, 0.5) is 4.79 Å². The third-order valence-corrected chi connectivity index (χ3v) is 2.18. The molecule has 0 aromatic carbocycles. The molecule has 1 aliphatic rings.